The average molecular weight is 340 g/mol. The average Bonchev–Trinajstić information content (AvgIpc) is 2.86. The second-order valence-electron chi connectivity index (χ2n) is 6.38. The highest BCUT2D eigenvalue weighted by Gasteiger charge is 2.55. The van der Waals surface area contributed by atoms with Crippen LogP contribution in [-0.4, -0.2) is 12.6 Å². The maximum Gasteiger partial charge on any atom is 0.124 e. The number of hydrogen-bond donors (Lipinski definition) is 1. The van der Waals surface area contributed by atoms with Crippen LogP contribution in [0, 0.1) is 23.6 Å². The van der Waals surface area contributed by atoms with Gasteiger partial charge in [-0.05, 0) is 73.7 Å². The summed E-state index contributed by atoms with van der Waals surface area (Å²) in [5.74, 6) is 2.58. The van der Waals surface area contributed by atoms with E-state index in [2.05, 4.69) is 34.2 Å². The molecule has 2 saturated carbocycles. The second kappa shape index (κ2) is 6.15. The fourth-order valence-corrected chi connectivity index (χ4v) is 4.64. The Morgan fingerprint density at radius 1 is 1.30 bits per heavy atom. The van der Waals surface area contributed by atoms with Crippen LogP contribution < -0.4 is 5.32 Å². The topological polar surface area (TPSA) is 12.0 Å². The Hall–Kier alpha value is -0.410. The van der Waals surface area contributed by atoms with E-state index in [1.807, 2.05) is 0 Å². The quantitative estimate of drug-likeness (QED) is 0.801. The molecule has 3 unspecified atom stereocenters. The SMILES string of the molecule is CCCNC(Cc1cc(F)cc(Br)c1)C1C2CCCC21. The fraction of sp³-hybridized carbons (Fsp3) is 0.647. The Labute approximate surface area is 129 Å². The summed E-state index contributed by atoms with van der Waals surface area (Å²) >= 11 is 3.40. The molecule has 2 fully saturated rings. The van der Waals surface area contributed by atoms with Crippen LogP contribution in [0.5, 0.6) is 0 Å². The van der Waals surface area contributed by atoms with Gasteiger partial charge in [-0.2, -0.15) is 0 Å². The van der Waals surface area contributed by atoms with E-state index in [-0.39, 0.29) is 5.82 Å². The highest BCUT2D eigenvalue weighted by molar-refractivity contribution is 9.10. The number of rotatable bonds is 6. The molecule has 3 atom stereocenters. The molecular formula is C17H23BrFN. The lowest BCUT2D eigenvalue weighted by Gasteiger charge is -2.21. The summed E-state index contributed by atoms with van der Waals surface area (Å²) in [5.41, 5.74) is 1.11. The Morgan fingerprint density at radius 3 is 2.70 bits per heavy atom. The van der Waals surface area contributed by atoms with E-state index < -0.39 is 0 Å². The van der Waals surface area contributed by atoms with Crippen molar-refractivity contribution in [2.75, 3.05) is 6.54 Å². The minimum absolute atomic E-state index is 0.139. The number of nitrogens with one attached hydrogen (secondary N) is 1. The van der Waals surface area contributed by atoms with Gasteiger partial charge in [0.05, 0.1) is 0 Å². The van der Waals surface area contributed by atoms with Gasteiger partial charge in [0.2, 0.25) is 0 Å². The second-order valence-corrected chi connectivity index (χ2v) is 7.29. The number of benzene rings is 1. The van der Waals surface area contributed by atoms with Gasteiger partial charge in [0.25, 0.3) is 0 Å². The van der Waals surface area contributed by atoms with E-state index in [1.54, 1.807) is 6.07 Å². The molecule has 0 saturated heterocycles. The fourth-order valence-electron chi connectivity index (χ4n) is 4.13. The van der Waals surface area contributed by atoms with Crippen LogP contribution in [0.3, 0.4) is 0 Å². The van der Waals surface area contributed by atoms with Crippen LogP contribution in [-0.2, 0) is 6.42 Å². The summed E-state index contributed by atoms with van der Waals surface area (Å²) in [6.45, 7) is 3.27. The predicted octanol–water partition coefficient (Wildman–Crippen LogP) is 4.55. The molecule has 0 bridgehead atoms. The number of hydrogen-bond acceptors (Lipinski definition) is 1. The van der Waals surface area contributed by atoms with Gasteiger partial charge in [0, 0.05) is 10.5 Å². The third kappa shape index (κ3) is 3.09. The molecule has 0 amide bonds. The third-order valence-electron chi connectivity index (χ3n) is 4.97. The van der Waals surface area contributed by atoms with Gasteiger partial charge in [0.1, 0.15) is 5.82 Å². The van der Waals surface area contributed by atoms with Crippen molar-refractivity contribution in [2.45, 2.75) is 45.1 Å². The van der Waals surface area contributed by atoms with Gasteiger partial charge in [-0.25, -0.2) is 4.39 Å². The van der Waals surface area contributed by atoms with Crippen molar-refractivity contribution < 1.29 is 4.39 Å². The molecule has 2 aliphatic rings. The van der Waals surface area contributed by atoms with Crippen molar-refractivity contribution in [3.63, 3.8) is 0 Å². The molecule has 3 rings (SSSR count). The zero-order chi connectivity index (χ0) is 14.1. The zero-order valence-electron chi connectivity index (χ0n) is 12.0. The first-order valence-electron chi connectivity index (χ1n) is 7.87. The highest BCUT2D eigenvalue weighted by atomic mass is 79.9. The van der Waals surface area contributed by atoms with Gasteiger partial charge in [-0.1, -0.05) is 29.3 Å². The van der Waals surface area contributed by atoms with E-state index in [4.69, 9.17) is 0 Å². The monoisotopic (exact) mass is 339 g/mol. The van der Waals surface area contributed by atoms with Crippen LogP contribution in [0.15, 0.2) is 22.7 Å². The van der Waals surface area contributed by atoms with Crippen LogP contribution in [0.2, 0.25) is 0 Å². The Morgan fingerprint density at radius 2 is 2.05 bits per heavy atom. The lowest BCUT2D eigenvalue weighted by molar-refractivity contribution is 0.403. The molecule has 2 aliphatic carbocycles. The molecule has 1 aromatic carbocycles. The van der Waals surface area contributed by atoms with Crippen LogP contribution in [0.25, 0.3) is 0 Å². The molecule has 20 heavy (non-hydrogen) atoms. The smallest absolute Gasteiger partial charge is 0.124 e. The van der Waals surface area contributed by atoms with Crippen molar-refractivity contribution >= 4 is 15.9 Å². The third-order valence-corrected chi connectivity index (χ3v) is 5.43. The highest BCUT2D eigenvalue weighted by Crippen LogP contribution is 2.59. The lowest BCUT2D eigenvalue weighted by atomic mass is 9.97. The maximum atomic E-state index is 13.5. The van der Waals surface area contributed by atoms with E-state index in [9.17, 15) is 4.39 Å². The van der Waals surface area contributed by atoms with Crippen molar-refractivity contribution in [2.24, 2.45) is 17.8 Å². The van der Waals surface area contributed by atoms with Gasteiger partial charge in [0.15, 0.2) is 0 Å². The summed E-state index contributed by atoms with van der Waals surface area (Å²) in [6.07, 6.45) is 6.34. The minimum atomic E-state index is -0.139. The van der Waals surface area contributed by atoms with Gasteiger partial charge < -0.3 is 5.32 Å². The largest absolute Gasteiger partial charge is 0.313 e. The van der Waals surface area contributed by atoms with E-state index in [0.29, 0.717) is 6.04 Å². The molecule has 3 heteroatoms. The molecule has 0 radical (unpaired) electrons. The van der Waals surface area contributed by atoms with E-state index >= 15 is 0 Å². The standard InChI is InChI=1S/C17H23BrFN/c1-2-6-20-16(17-14-4-3-5-15(14)17)9-11-7-12(18)10-13(19)8-11/h7-8,10,14-17,20H,2-6,9H2,1H3. The van der Waals surface area contributed by atoms with Crippen LogP contribution in [0.1, 0.15) is 38.2 Å². The first kappa shape index (κ1) is 14.5. The molecule has 1 nitrogen and oxygen atoms in total. The number of halogens is 2. The van der Waals surface area contributed by atoms with Crippen LogP contribution >= 0.6 is 15.9 Å². The molecule has 0 heterocycles. The van der Waals surface area contributed by atoms with Crippen molar-refractivity contribution in [3.8, 4) is 0 Å². The van der Waals surface area contributed by atoms with Gasteiger partial charge >= 0.3 is 0 Å². The minimum Gasteiger partial charge on any atom is -0.313 e. The molecule has 0 spiro atoms. The molecule has 1 N–H and O–H groups in total. The normalized spacial score (nSPS) is 29.2. The summed E-state index contributed by atoms with van der Waals surface area (Å²) < 4.78 is 14.4. The number of fused-ring (bicyclic) bond motifs is 1. The first-order valence-corrected chi connectivity index (χ1v) is 8.66. The molecule has 110 valence electrons. The maximum absolute atomic E-state index is 13.5. The lowest BCUT2D eigenvalue weighted by Crippen LogP contribution is -2.35. The predicted molar refractivity (Wildman–Crippen MR) is 84.2 cm³/mol. The zero-order valence-corrected chi connectivity index (χ0v) is 13.6. The molecular weight excluding hydrogens is 317 g/mol. The van der Waals surface area contributed by atoms with E-state index in [1.165, 1.54) is 25.3 Å². The van der Waals surface area contributed by atoms with Crippen molar-refractivity contribution in [3.05, 3.63) is 34.1 Å². The molecule has 0 aliphatic heterocycles. The first-order chi connectivity index (χ1) is 9.69. The van der Waals surface area contributed by atoms with E-state index in [0.717, 1.165) is 47.2 Å². The molecule has 0 aromatic heterocycles. The van der Waals surface area contributed by atoms with Crippen molar-refractivity contribution in [1.29, 1.82) is 0 Å². The van der Waals surface area contributed by atoms with Crippen LogP contribution in [0.4, 0.5) is 4.39 Å². The summed E-state index contributed by atoms with van der Waals surface area (Å²) in [6, 6.07) is 5.80. The van der Waals surface area contributed by atoms with Gasteiger partial charge in [-0.15, -0.1) is 0 Å². The van der Waals surface area contributed by atoms with Crippen molar-refractivity contribution in [1.82, 2.24) is 5.32 Å². The Kier molecular flexibility index (Phi) is 4.46. The Balaban J connectivity index is 1.69. The molecule has 1 aromatic rings. The summed E-state index contributed by atoms with van der Waals surface area (Å²) in [7, 11) is 0. The Bertz CT molecular complexity index is 446. The van der Waals surface area contributed by atoms with Gasteiger partial charge in [-0.3, -0.25) is 0 Å². The summed E-state index contributed by atoms with van der Waals surface area (Å²) in [5, 5.41) is 3.71. The summed E-state index contributed by atoms with van der Waals surface area (Å²) in [4.78, 5) is 0.